The molecule has 0 saturated heterocycles. The third-order valence-electron chi connectivity index (χ3n) is 3.78. The number of halogens is 1. The maximum absolute atomic E-state index is 13.5. The molecule has 0 atom stereocenters. The van der Waals surface area contributed by atoms with Crippen LogP contribution in [0, 0.1) is 5.82 Å². The molecule has 7 nitrogen and oxygen atoms in total. The van der Waals surface area contributed by atoms with Gasteiger partial charge in [0.1, 0.15) is 11.6 Å². The van der Waals surface area contributed by atoms with Crippen LogP contribution < -0.4 is 25.1 Å². The molecule has 0 aromatic heterocycles. The highest BCUT2D eigenvalue weighted by atomic mass is 19.1. The molecule has 0 fully saturated rings. The van der Waals surface area contributed by atoms with Gasteiger partial charge in [0.25, 0.3) is 5.91 Å². The van der Waals surface area contributed by atoms with Crippen molar-refractivity contribution in [2.24, 2.45) is 0 Å². The lowest BCUT2D eigenvalue weighted by atomic mass is 10.1. The third-order valence-corrected chi connectivity index (χ3v) is 3.78. The second kappa shape index (κ2) is 8.79. The number of carbonyl (C=O) groups is 1. The molecule has 0 aliphatic heterocycles. The van der Waals surface area contributed by atoms with Crippen LogP contribution in [0.1, 0.15) is 22.8 Å². The lowest BCUT2D eigenvalue weighted by molar-refractivity contribution is 0.0941. The van der Waals surface area contributed by atoms with Gasteiger partial charge in [0.15, 0.2) is 11.5 Å². The van der Waals surface area contributed by atoms with Crippen molar-refractivity contribution in [3.8, 4) is 23.0 Å². The number of aromatic hydroxyl groups is 1. The van der Waals surface area contributed by atoms with E-state index in [1.165, 1.54) is 39.5 Å². The van der Waals surface area contributed by atoms with Gasteiger partial charge >= 0.3 is 0 Å². The van der Waals surface area contributed by atoms with Crippen LogP contribution in [0.4, 0.5) is 4.39 Å². The molecule has 1 amide bonds. The van der Waals surface area contributed by atoms with Gasteiger partial charge in [-0.05, 0) is 37.3 Å². The number of hydrogen-bond acceptors (Lipinski definition) is 6. The first kappa shape index (κ1) is 19.9. The van der Waals surface area contributed by atoms with Crippen LogP contribution in [0.15, 0.2) is 36.4 Å². The molecule has 0 saturated carbocycles. The van der Waals surface area contributed by atoms with Crippen LogP contribution in [-0.2, 0) is 0 Å². The van der Waals surface area contributed by atoms with Gasteiger partial charge in [-0.15, -0.1) is 0 Å². The molecule has 0 aliphatic rings. The highest BCUT2D eigenvalue weighted by Crippen LogP contribution is 2.38. The molecule has 2 aromatic rings. The molecule has 0 unspecified atom stereocenters. The molecule has 0 radical (unpaired) electrons. The number of carbonyl (C=O) groups excluding carboxylic acids is 1. The molecule has 3 N–H and O–H groups in total. The highest BCUT2D eigenvalue weighted by Gasteiger charge is 2.17. The van der Waals surface area contributed by atoms with Crippen molar-refractivity contribution in [1.29, 1.82) is 0 Å². The van der Waals surface area contributed by atoms with E-state index >= 15 is 0 Å². The number of allylic oxidation sites excluding steroid dienone is 1. The molecule has 0 aliphatic carbocycles. The summed E-state index contributed by atoms with van der Waals surface area (Å²) in [6.07, 6.45) is 1.59. The molecular weight excluding hydrogens is 355 g/mol. The molecule has 8 heteroatoms. The largest absolute Gasteiger partial charge is 0.507 e. The summed E-state index contributed by atoms with van der Waals surface area (Å²) >= 11 is 0. The van der Waals surface area contributed by atoms with E-state index in [9.17, 15) is 14.3 Å². The Balaban J connectivity index is 2.23. The quantitative estimate of drug-likeness (QED) is 0.644. The van der Waals surface area contributed by atoms with Crippen LogP contribution in [0.25, 0.3) is 5.70 Å². The maximum Gasteiger partial charge on any atom is 0.269 e. The first-order chi connectivity index (χ1) is 12.9. The molecule has 144 valence electrons. The van der Waals surface area contributed by atoms with E-state index in [1.54, 1.807) is 13.0 Å². The topological polar surface area (TPSA) is 89.1 Å². The summed E-state index contributed by atoms with van der Waals surface area (Å²) in [5.41, 5.74) is 5.95. The minimum Gasteiger partial charge on any atom is -0.507 e. The summed E-state index contributed by atoms with van der Waals surface area (Å²) in [7, 11) is 4.36. The van der Waals surface area contributed by atoms with Crippen LogP contribution in [-0.4, -0.2) is 32.3 Å². The Bertz CT molecular complexity index is 842. The Labute approximate surface area is 156 Å². The van der Waals surface area contributed by atoms with Crippen LogP contribution in [0.2, 0.25) is 0 Å². The number of hydrogen-bond donors (Lipinski definition) is 3. The van der Waals surface area contributed by atoms with Gasteiger partial charge in [-0.25, -0.2) is 4.39 Å². The van der Waals surface area contributed by atoms with Crippen molar-refractivity contribution in [2.75, 3.05) is 21.3 Å². The number of ether oxygens (including phenoxy) is 3. The number of phenolic OH excluding ortho intramolecular Hbond substituents is 1. The van der Waals surface area contributed by atoms with E-state index in [0.29, 0.717) is 22.9 Å². The van der Waals surface area contributed by atoms with Gasteiger partial charge in [0.2, 0.25) is 5.75 Å². The first-order valence-electron chi connectivity index (χ1n) is 7.96. The van der Waals surface area contributed by atoms with Crippen LogP contribution in [0.5, 0.6) is 23.0 Å². The zero-order valence-electron chi connectivity index (χ0n) is 15.4. The van der Waals surface area contributed by atoms with Crippen molar-refractivity contribution in [1.82, 2.24) is 10.9 Å². The van der Waals surface area contributed by atoms with E-state index < -0.39 is 11.7 Å². The second-order valence-corrected chi connectivity index (χ2v) is 5.36. The van der Waals surface area contributed by atoms with Gasteiger partial charge in [-0.1, -0.05) is 6.08 Å². The minimum absolute atomic E-state index is 0.126. The molecule has 0 heterocycles. The SMILES string of the molecule is C/C=C(/NNC(=O)c1cc(OC)c(OC)c(OC)c1)c1cc(F)ccc1O. The third kappa shape index (κ3) is 4.41. The molecule has 2 aromatic carbocycles. The van der Waals surface area contributed by atoms with Crippen molar-refractivity contribution < 1.29 is 28.5 Å². The van der Waals surface area contributed by atoms with Crippen LogP contribution in [0.3, 0.4) is 0 Å². The van der Waals surface area contributed by atoms with E-state index in [-0.39, 0.29) is 16.9 Å². The number of phenols is 1. The van der Waals surface area contributed by atoms with E-state index in [2.05, 4.69) is 10.9 Å². The fourth-order valence-electron chi connectivity index (χ4n) is 2.43. The monoisotopic (exact) mass is 376 g/mol. The number of benzene rings is 2. The Kier molecular flexibility index (Phi) is 6.48. The number of amides is 1. The van der Waals surface area contributed by atoms with Crippen LogP contribution >= 0.6 is 0 Å². The number of rotatable bonds is 7. The Morgan fingerprint density at radius 2 is 1.67 bits per heavy atom. The first-order valence-corrected chi connectivity index (χ1v) is 7.96. The highest BCUT2D eigenvalue weighted by molar-refractivity contribution is 5.96. The zero-order chi connectivity index (χ0) is 20.0. The second-order valence-electron chi connectivity index (χ2n) is 5.36. The summed E-state index contributed by atoms with van der Waals surface area (Å²) in [5.74, 6) is -0.112. The van der Waals surface area contributed by atoms with Gasteiger partial charge in [0.05, 0.1) is 27.0 Å². The Hall–Kier alpha value is -3.42. The molecule has 0 spiro atoms. The van der Waals surface area contributed by atoms with Crippen molar-refractivity contribution >= 4 is 11.6 Å². The van der Waals surface area contributed by atoms with Gasteiger partial charge in [-0.3, -0.25) is 15.6 Å². The Morgan fingerprint density at radius 3 is 2.19 bits per heavy atom. The fourth-order valence-corrected chi connectivity index (χ4v) is 2.43. The molecule has 0 bridgehead atoms. The predicted octanol–water partition coefficient (Wildman–Crippen LogP) is 2.85. The normalized spacial score (nSPS) is 10.9. The summed E-state index contributed by atoms with van der Waals surface area (Å²) in [6, 6.07) is 6.52. The molecular formula is C19H21FN2O5. The lowest BCUT2D eigenvalue weighted by Crippen LogP contribution is -2.36. The number of nitrogens with one attached hydrogen (secondary N) is 2. The average molecular weight is 376 g/mol. The number of methoxy groups -OCH3 is 3. The summed E-state index contributed by atoms with van der Waals surface area (Å²) in [6.45, 7) is 1.68. The van der Waals surface area contributed by atoms with Gasteiger partial charge in [-0.2, -0.15) is 0 Å². The predicted molar refractivity (Wildman–Crippen MR) is 98.4 cm³/mol. The van der Waals surface area contributed by atoms with Crippen molar-refractivity contribution in [3.63, 3.8) is 0 Å². The van der Waals surface area contributed by atoms with Crippen molar-refractivity contribution in [2.45, 2.75) is 6.92 Å². The molecule has 27 heavy (non-hydrogen) atoms. The smallest absolute Gasteiger partial charge is 0.269 e. The van der Waals surface area contributed by atoms with E-state index in [1.807, 2.05) is 0 Å². The zero-order valence-corrected chi connectivity index (χ0v) is 15.4. The summed E-state index contributed by atoms with van der Waals surface area (Å²) < 4.78 is 29.1. The Morgan fingerprint density at radius 1 is 1.04 bits per heavy atom. The van der Waals surface area contributed by atoms with Gasteiger partial charge < -0.3 is 19.3 Å². The average Bonchev–Trinajstić information content (AvgIpc) is 2.69. The fraction of sp³-hybridized carbons (Fsp3) is 0.211. The van der Waals surface area contributed by atoms with E-state index in [4.69, 9.17) is 14.2 Å². The van der Waals surface area contributed by atoms with E-state index in [0.717, 1.165) is 12.1 Å². The van der Waals surface area contributed by atoms with Crippen molar-refractivity contribution in [3.05, 3.63) is 53.4 Å². The maximum atomic E-state index is 13.5. The lowest BCUT2D eigenvalue weighted by Gasteiger charge is -2.16. The number of hydrazine groups is 1. The molecule has 2 rings (SSSR count). The summed E-state index contributed by atoms with van der Waals surface area (Å²) in [5, 5.41) is 9.91. The standard InChI is InChI=1S/C19H21FN2O5/c1-5-14(13-10-12(20)6-7-15(13)23)21-22-19(24)11-8-16(25-2)18(27-4)17(9-11)26-3/h5-10,21,23H,1-4H3,(H,22,24)/b14-5+. The van der Waals surface area contributed by atoms with Gasteiger partial charge in [0, 0.05) is 11.1 Å². The minimum atomic E-state index is -0.514. The summed E-state index contributed by atoms with van der Waals surface area (Å²) in [4.78, 5) is 12.5.